The van der Waals surface area contributed by atoms with Gasteiger partial charge < -0.3 is 14.3 Å². The first kappa shape index (κ1) is 12.9. The molecule has 1 N–H and O–H groups in total. The molecule has 0 saturated carbocycles. The predicted molar refractivity (Wildman–Crippen MR) is 72.8 cm³/mol. The molecule has 94 valence electrons. The normalized spacial score (nSPS) is 10.6. The van der Waals surface area contributed by atoms with Crippen LogP contribution in [0.1, 0.15) is 17.3 Å². The van der Waals surface area contributed by atoms with E-state index in [-0.39, 0.29) is 17.9 Å². The number of hydrogen-bond donors (Lipinski definition) is 1. The molecular weight excluding hydrogens is 351 g/mol. The monoisotopic (exact) mass is 360 g/mol. The molecule has 2 rings (SSSR count). The minimum absolute atomic E-state index is 0.0618. The van der Waals surface area contributed by atoms with Crippen molar-refractivity contribution in [1.29, 1.82) is 0 Å². The van der Waals surface area contributed by atoms with Crippen LogP contribution in [0.25, 0.3) is 11.0 Å². The van der Waals surface area contributed by atoms with Gasteiger partial charge in [-0.2, -0.15) is 0 Å². The molecule has 0 aliphatic carbocycles. The Morgan fingerprint density at radius 2 is 2.22 bits per heavy atom. The maximum absolute atomic E-state index is 11.6. The molecule has 5 nitrogen and oxygen atoms in total. The Hall–Kier alpha value is -1.57. The zero-order valence-corrected chi connectivity index (χ0v) is 11.6. The summed E-state index contributed by atoms with van der Waals surface area (Å²) in [5.41, 5.74) is -0.606. The smallest absolute Gasteiger partial charge is 0.351 e. The molecule has 0 aliphatic heterocycles. The lowest BCUT2D eigenvalue weighted by molar-refractivity contribution is 0.0522. The van der Waals surface area contributed by atoms with Crippen LogP contribution >= 0.6 is 22.6 Å². The molecule has 1 aromatic heterocycles. The third kappa shape index (κ3) is 2.20. The molecule has 6 heteroatoms. The highest BCUT2D eigenvalue weighted by Crippen LogP contribution is 2.28. The zero-order valence-electron chi connectivity index (χ0n) is 9.40. The molecule has 0 bridgehead atoms. The van der Waals surface area contributed by atoms with Crippen molar-refractivity contribution in [1.82, 2.24) is 0 Å². The van der Waals surface area contributed by atoms with Gasteiger partial charge in [-0.3, -0.25) is 0 Å². The molecule has 0 unspecified atom stereocenters. The van der Waals surface area contributed by atoms with Gasteiger partial charge in [-0.15, -0.1) is 0 Å². The van der Waals surface area contributed by atoms with Gasteiger partial charge in [0.05, 0.1) is 10.2 Å². The van der Waals surface area contributed by atoms with Gasteiger partial charge in [0, 0.05) is 5.39 Å². The Morgan fingerprint density at radius 1 is 1.50 bits per heavy atom. The second-order valence-corrected chi connectivity index (χ2v) is 4.56. The standard InChI is InChI=1S/C12H9IO5/c1-2-17-11(15)7-5-6-9(18-12(7)16)4-3-8(14)10(6)13/h3-5,14H,2H2,1H3. The SMILES string of the molecule is CCOC(=O)c1cc2c(I)c(O)ccc2oc1=O. The predicted octanol–water partition coefficient (Wildman–Crippen LogP) is 2.28. The van der Waals surface area contributed by atoms with E-state index in [0.717, 1.165) is 0 Å². The lowest BCUT2D eigenvalue weighted by Gasteiger charge is -2.04. The van der Waals surface area contributed by atoms with E-state index in [1.165, 1.54) is 18.2 Å². The Labute approximate surface area is 116 Å². The lowest BCUT2D eigenvalue weighted by atomic mass is 10.2. The first-order valence-corrected chi connectivity index (χ1v) is 6.25. The van der Waals surface area contributed by atoms with Crippen molar-refractivity contribution < 1.29 is 19.1 Å². The number of rotatable bonds is 2. The van der Waals surface area contributed by atoms with Gasteiger partial charge in [0.25, 0.3) is 0 Å². The number of halogens is 1. The molecule has 18 heavy (non-hydrogen) atoms. The van der Waals surface area contributed by atoms with Crippen LogP contribution in [0.5, 0.6) is 5.75 Å². The van der Waals surface area contributed by atoms with Gasteiger partial charge in [-0.25, -0.2) is 9.59 Å². The van der Waals surface area contributed by atoms with Crippen molar-refractivity contribution in [3.63, 3.8) is 0 Å². The summed E-state index contributed by atoms with van der Waals surface area (Å²) in [5.74, 6) is -0.668. The van der Waals surface area contributed by atoms with Crippen LogP contribution in [-0.2, 0) is 4.74 Å². The summed E-state index contributed by atoms with van der Waals surface area (Å²) in [4.78, 5) is 23.2. The summed E-state index contributed by atoms with van der Waals surface area (Å²) in [7, 11) is 0. The minimum Gasteiger partial charge on any atom is -0.507 e. The van der Waals surface area contributed by atoms with E-state index < -0.39 is 11.6 Å². The summed E-state index contributed by atoms with van der Waals surface area (Å²) < 4.78 is 10.3. The summed E-state index contributed by atoms with van der Waals surface area (Å²) >= 11 is 1.91. The zero-order chi connectivity index (χ0) is 13.3. The lowest BCUT2D eigenvalue weighted by Crippen LogP contribution is -2.16. The number of benzene rings is 1. The Balaban J connectivity index is 2.70. The fourth-order valence-electron chi connectivity index (χ4n) is 1.50. The highest BCUT2D eigenvalue weighted by atomic mass is 127. The number of ether oxygens (including phenoxy) is 1. The van der Waals surface area contributed by atoms with Crippen molar-refractivity contribution in [2.45, 2.75) is 6.92 Å². The van der Waals surface area contributed by atoms with E-state index in [1.807, 2.05) is 22.6 Å². The van der Waals surface area contributed by atoms with E-state index in [4.69, 9.17) is 9.15 Å². The van der Waals surface area contributed by atoms with E-state index in [1.54, 1.807) is 6.92 Å². The van der Waals surface area contributed by atoms with Gasteiger partial charge in [0.15, 0.2) is 0 Å². The van der Waals surface area contributed by atoms with E-state index in [0.29, 0.717) is 14.5 Å². The second-order valence-electron chi connectivity index (χ2n) is 3.48. The second kappa shape index (κ2) is 4.97. The number of fused-ring (bicyclic) bond motifs is 1. The Bertz CT molecular complexity index is 674. The Kier molecular flexibility index (Phi) is 3.55. The van der Waals surface area contributed by atoms with Crippen LogP contribution < -0.4 is 5.63 Å². The number of esters is 1. The van der Waals surface area contributed by atoms with Crippen LogP contribution in [-0.4, -0.2) is 17.7 Å². The molecule has 0 fully saturated rings. The third-order valence-corrected chi connectivity index (χ3v) is 3.46. The van der Waals surface area contributed by atoms with Gasteiger partial charge in [-0.1, -0.05) is 0 Å². The summed E-state index contributed by atoms with van der Waals surface area (Å²) in [6.45, 7) is 1.82. The van der Waals surface area contributed by atoms with Crippen LogP contribution in [0.2, 0.25) is 0 Å². The molecule has 0 amide bonds. The molecule has 2 aromatic rings. The van der Waals surface area contributed by atoms with E-state index >= 15 is 0 Å². The number of aromatic hydroxyl groups is 1. The summed E-state index contributed by atoms with van der Waals surface area (Å²) in [6, 6.07) is 4.28. The average molecular weight is 360 g/mol. The largest absolute Gasteiger partial charge is 0.507 e. The number of carbonyl (C=O) groups is 1. The van der Waals surface area contributed by atoms with Crippen LogP contribution in [0.15, 0.2) is 27.4 Å². The maximum atomic E-state index is 11.6. The topological polar surface area (TPSA) is 76.7 Å². The van der Waals surface area contributed by atoms with Crippen molar-refractivity contribution in [2.24, 2.45) is 0 Å². The highest BCUT2D eigenvalue weighted by molar-refractivity contribution is 14.1. The first-order valence-electron chi connectivity index (χ1n) is 5.17. The number of hydrogen-bond acceptors (Lipinski definition) is 5. The van der Waals surface area contributed by atoms with Crippen molar-refractivity contribution in [3.8, 4) is 5.75 Å². The number of carbonyl (C=O) groups excluding carboxylic acids is 1. The fourth-order valence-corrected chi connectivity index (χ4v) is 2.10. The first-order chi connectivity index (χ1) is 8.54. The van der Waals surface area contributed by atoms with Crippen LogP contribution in [0.4, 0.5) is 0 Å². The molecule has 0 aliphatic rings. The average Bonchev–Trinajstić information content (AvgIpc) is 2.34. The maximum Gasteiger partial charge on any atom is 0.351 e. The summed E-state index contributed by atoms with van der Waals surface area (Å²) in [6.07, 6.45) is 0. The van der Waals surface area contributed by atoms with Gasteiger partial charge in [0.2, 0.25) is 0 Å². The van der Waals surface area contributed by atoms with E-state index in [9.17, 15) is 14.7 Å². The summed E-state index contributed by atoms with van der Waals surface area (Å²) in [5, 5.41) is 10.1. The van der Waals surface area contributed by atoms with Crippen LogP contribution in [0.3, 0.4) is 0 Å². The quantitative estimate of drug-likeness (QED) is 0.505. The van der Waals surface area contributed by atoms with Crippen molar-refractivity contribution in [3.05, 3.63) is 37.8 Å². The van der Waals surface area contributed by atoms with Gasteiger partial charge in [0.1, 0.15) is 16.9 Å². The molecule has 0 atom stereocenters. The van der Waals surface area contributed by atoms with Crippen LogP contribution in [0, 0.1) is 3.57 Å². The number of phenolic OH excluding ortho intramolecular Hbond substituents is 1. The van der Waals surface area contributed by atoms with E-state index in [2.05, 4.69) is 0 Å². The van der Waals surface area contributed by atoms with Gasteiger partial charge >= 0.3 is 11.6 Å². The molecule has 0 spiro atoms. The van der Waals surface area contributed by atoms with Gasteiger partial charge in [-0.05, 0) is 47.7 Å². The number of phenols is 1. The molecule has 0 radical (unpaired) electrons. The molecular formula is C12H9IO5. The fraction of sp³-hybridized carbons (Fsp3) is 0.167. The Morgan fingerprint density at radius 3 is 2.89 bits per heavy atom. The molecule has 1 aromatic carbocycles. The highest BCUT2D eigenvalue weighted by Gasteiger charge is 2.16. The van der Waals surface area contributed by atoms with Crippen molar-refractivity contribution >= 4 is 39.5 Å². The molecule has 1 heterocycles. The molecule has 0 saturated heterocycles. The van der Waals surface area contributed by atoms with Crippen molar-refractivity contribution in [2.75, 3.05) is 6.61 Å². The minimum atomic E-state index is -0.748. The third-order valence-electron chi connectivity index (χ3n) is 2.33.